The van der Waals surface area contributed by atoms with Crippen LogP contribution in [-0.2, 0) is 14.8 Å². The van der Waals surface area contributed by atoms with Gasteiger partial charge >= 0.3 is 0 Å². The van der Waals surface area contributed by atoms with Crippen LogP contribution in [0.25, 0.3) is 10.9 Å². The summed E-state index contributed by atoms with van der Waals surface area (Å²) >= 11 is 0. The summed E-state index contributed by atoms with van der Waals surface area (Å²) in [5.74, 6) is -0.443. The quantitative estimate of drug-likeness (QED) is 0.850. The Morgan fingerprint density at radius 3 is 2.81 bits per heavy atom. The molecule has 0 spiro atoms. The fourth-order valence-corrected chi connectivity index (χ4v) is 3.60. The zero-order valence-electron chi connectivity index (χ0n) is 11.6. The molecule has 6 heteroatoms. The number of hydrogen-bond acceptors (Lipinski definition) is 3. The number of fused-ring (bicyclic) bond motifs is 1. The van der Waals surface area contributed by atoms with Crippen LogP contribution >= 0.6 is 0 Å². The Kier molecular flexibility index (Phi) is 2.95. The second kappa shape index (κ2) is 4.46. The van der Waals surface area contributed by atoms with Gasteiger partial charge in [0.05, 0.1) is 5.41 Å². The number of sulfonamides is 1. The van der Waals surface area contributed by atoms with Crippen LogP contribution in [0, 0.1) is 11.3 Å². The Labute approximate surface area is 123 Å². The minimum absolute atomic E-state index is 0.00328. The molecule has 1 saturated carbocycles. The maximum Gasteiger partial charge on any atom is 0.279 e. The van der Waals surface area contributed by atoms with Crippen molar-refractivity contribution in [3.05, 3.63) is 43.0 Å². The summed E-state index contributed by atoms with van der Waals surface area (Å²) in [5.41, 5.74) is 0.0489. The standard InChI is InChI=1S/C15H16N2O3S/c1-3-11-9-15(11,2)14(18)17-21(19,20)13-8-10-6-4-5-7-12(10)16-13/h3-8,11,16H,1,9H2,2H3,(H,17,18)/t11-,15+/m1/s1. The van der Waals surface area contributed by atoms with Crippen LogP contribution < -0.4 is 4.72 Å². The molecule has 2 atom stereocenters. The number of aromatic amines is 1. The molecule has 0 bridgehead atoms. The maximum atomic E-state index is 12.3. The highest BCUT2D eigenvalue weighted by atomic mass is 32.2. The van der Waals surface area contributed by atoms with Crippen LogP contribution in [0.15, 0.2) is 48.0 Å². The molecule has 2 aromatic rings. The summed E-state index contributed by atoms with van der Waals surface area (Å²) in [5, 5.41) is 0.781. The van der Waals surface area contributed by atoms with E-state index in [9.17, 15) is 13.2 Å². The van der Waals surface area contributed by atoms with Crippen molar-refractivity contribution in [1.82, 2.24) is 9.71 Å². The first-order valence-electron chi connectivity index (χ1n) is 6.64. The Morgan fingerprint density at radius 1 is 1.48 bits per heavy atom. The van der Waals surface area contributed by atoms with Crippen molar-refractivity contribution in [2.75, 3.05) is 0 Å². The number of allylic oxidation sites excluding steroid dienone is 1. The minimum atomic E-state index is -3.89. The van der Waals surface area contributed by atoms with Gasteiger partial charge in [-0.25, -0.2) is 4.72 Å². The third-order valence-electron chi connectivity index (χ3n) is 4.13. The molecule has 1 aliphatic carbocycles. The van der Waals surface area contributed by atoms with Gasteiger partial charge < -0.3 is 4.98 Å². The molecule has 0 unspecified atom stereocenters. The number of para-hydroxylation sites is 1. The van der Waals surface area contributed by atoms with Gasteiger partial charge in [-0.3, -0.25) is 4.79 Å². The highest BCUT2D eigenvalue weighted by Crippen LogP contribution is 2.53. The first-order chi connectivity index (χ1) is 9.87. The van der Waals surface area contributed by atoms with Gasteiger partial charge in [-0.2, -0.15) is 8.42 Å². The molecule has 1 fully saturated rings. The normalized spacial score (nSPS) is 24.7. The van der Waals surface area contributed by atoms with E-state index >= 15 is 0 Å². The van der Waals surface area contributed by atoms with Gasteiger partial charge in [-0.1, -0.05) is 31.2 Å². The highest BCUT2D eigenvalue weighted by Gasteiger charge is 2.55. The van der Waals surface area contributed by atoms with E-state index in [0.29, 0.717) is 11.9 Å². The number of aromatic nitrogens is 1. The summed E-state index contributed by atoms with van der Waals surface area (Å²) in [6, 6.07) is 8.75. The number of hydrogen-bond donors (Lipinski definition) is 2. The zero-order chi connectivity index (χ0) is 15.3. The maximum absolute atomic E-state index is 12.3. The summed E-state index contributed by atoms with van der Waals surface area (Å²) in [6.45, 7) is 5.39. The average Bonchev–Trinajstić information content (AvgIpc) is 2.94. The van der Waals surface area contributed by atoms with Crippen LogP contribution in [0.5, 0.6) is 0 Å². The lowest BCUT2D eigenvalue weighted by atomic mass is 10.1. The van der Waals surface area contributed by atoms with Crippen molar-refractivity contribution < 1.29 is 13.2 Å². The van der Waals surface area contributed by atoms with Gasteiger partial charge in [0.2, 0.25) is 5.91 Å². The molecule has 1 aromatic heterocycles. The number of nitrogens with one attached hydrogen (secondary N) is 2. The predicted octanol–water partition coefficient (Wildman–Crippen LogP) is 2.19. The summed E-state index contributed by atoms with van der Waals surface area (Å²) < 4.78 is 26.7. The lowest BCUT2D eigenvalue weighted by Gasteiger charge is -2.10. The summed E-state index contributed by atoms with van der Waals surface area (Å²) in [4.78, 5) is 15.0. The Bertz CT molecular complexity index is 804. The van der Waals surface area contributed by atoms with Crippen molar-refractivity contribution in [1.29, 1.82) is 0 Å². The number of carbonyl (C=O) groups excluding carboxylic acids is 1. The zero-order valence-corrected chi connectivity index (χ0v) is 12.4. The van der Waals surface area contributed by atoms with Crippen LogP contribution in [0.4, 0.5) is 0 Å². The molecule has 21 heavy (non-hydrogen) atoms. The lowest BCUT2D eigenvalue weighted by Crippen LogP contribution is -2.36. The van der Waals surface area contributed by atoms with Crippen LogP contribution in [-0.4, -0.2) is 19.3 Å². The molecule has 1 aliphatic rings. The lowest BCUT2D eigenvalue weighted by molar-refractivity contribution is -0.124. The fraction of sp³-hybridized carbons (Fsp3) is 0.267. The van der Waals surface area contributed by atoms with Crippen molar-refractivity contribution in [2.45, 2.75) is 18.4 Å². The van der Waals surface area contributed by atoms with Crippen molar-refractivity contribution in [3.63, 3.8) is 0 Å². The Morgan fingerprint density at radius 2 is 2.19 bits per heavy atom. The number of H-pyrrole nitrogens is 1. The third-order valence-corrected chi connectivity index (χ3v) is 5.38. The molecule has 5 nitrogen and oxygen atoms in total. The highest BCUT2D eigenvalue weighted by molar-refractivity contribution is 7.90. The molecule has 1 amide bonds. The molecule has 0 radical (unpaired) electrons. The molecule has 3 rings (SSSR count). The van der Waals surface area contributed by atoms with E-state index < -0.39 is 21.3 Å². The van der Waals surface area contributed by atoms with Gasteiger partial charge in [0.15, 0.2) is 5.03 Å². The van der Waals surface area contributed by atoms with E-state index in [-0.39, 0.29) is 10.9 Å². The van der Waals surface area contributed by atoms with Crippen LogP contribution in [0.3, 0.4) is 0 Å². The molecule has 0 aliphatic heterocycles. The van der Waals surface area contributed by atoms with Crippen LogP contribution in [0.2, 0.25) is 0 Å². The number of benzene rings is 1. The number of rotatable bonds is 4. The SMILES string of the molecule is C=C[C@@H]1C[C@]1(C)C(=O)NS(=O)(=O)c1cc2ccccc2[nH]1. The fourth-order valence-electron chi connectivity index (χ4n) is 2.49. The van der Waals surface area contributed by atoms with E-state index in [1.807, 2.05) is 18.2 Å². The third kappa shape index (κ3) is 2.25. The minimum Gasteiger partial charge on any atom is -0.344 e. The topological polar surface area (TPSA) is 79.0 Å². The molecule has 110 valence electrons. The van der Waals surface area contributed by atoms with Crippen molar-refractivity contribution in [2.24, 2.45) is 11.3 Å². The van der Waals surface area contributed by atoms with Gasteiger partial charge in [0.1, 0.15) is 0 Å². The molecule has 1 aromatic carbocycles. The smallest absolute Gasteiger partial charge is 0.279 e. The molecule has 2 N–H and O–H groups in total. The van der Waals surface area contributed by atoms with E-state index in [1.54, 1.807) is 19.1 Å². The summed E-state index contributed by atoms with van der Waals surface area (Å²) in [7, 11) is -3.89. The molecule has 1 heterocycles. The second-order valence-electron chi connectivity index (χ2n) is 5.62. The van der Waals surface area contributed by atoms with E-state index in [4.69, 9.17) is 0 Å². The second-order valence-corrected chi connectivity index (χ2v) is 7.27. The van der Waals surface area contributed by atoms with E-state index in [0.717, 1.165) is 5.39 Å². The molecular formula is C15H16N2O3S. The monoisotopic (exact) mass is 304 g/mol. The van der Waals surface area contributed by atoms with Gasteiger partial charge in [0, 0.05) is 10.9 Å². The van der Waals surface area contributed by atoms with E-state index in [2.05, 4.69) is 16.3 Å². The van der Waals surface area contributed by atoms with Gasteiger partial charge in [-0.15, -0.1) is 6.58 Å². The predicted molar refractivity (Wildman–Crippen MR) is 80.0 cm³/mol. The Hall–Kier alpha value is -2.08. The molecule has 0 saturated heterocycles. The van der Waals surface area contributed by atoms with Crippen molar-refractivity contribution >= 4 is 26.8 Å². The Balaban J connectivity index is 1.87. The van der Waals surface area contributed by atoms with Crippen LogP contribution in [0.1, 0.15) is 13.3 Å². The first kappa shape index (κ1) is 13.9. The van der Waals surface area contributed by atoms with Gasteiger partial charge in [0.25, 0.3) is 10.0 Å². The van der Waals surface area contributed by atoms with E-state index in [1.165, 1.54) is 6.07 Å². The number of amides is 1. The van der Waals surface area contributed by atoms with Gasteiger partial charge in [-0.05, 0) is 24.5 Å². The number of carbonyl (C=O) groups is 1. The average molecular weight is 304 g/mol. The van der Waals surface area contributed by atoms with Crippen molar-refractivity contribution in [3.8, 4) is 0 Å². The summed E-state index contributed by atoms with van der Waals surface area (Å²) in [6.07, 6.45) is 2.32. The largest absolute Gasteiger partial charge is 0.344 e. The first-order valence-corrected chi connectivity index (χ1v) is 8.13. The molecular weight excluding hydrogens is 288 g/mol.